The van der Waals surface area contributed by atoms with Gasteiger partial charge in [0.15, 0.2) is 0 Å². The van der Waals surface area contributed by atoms with Gasteiger partial charge in [0.1, 0.15) is 0 Å². The van der Waals surface area contributed by atoms with Gasteiger partial charge in [-0.25, -0.2) is 0 Å². The van der Waals surface area contributed by atoms with Crippen LogP contribution in [0.15, 0.2) is 0 Å². The highest BCUT2D eigenvalue weighted by Crippen LogP contribution is 2.11. The zero-order valence-electron chi connectivity index (χ0n) is 10.1. The van der Waals surface area contributed by atoms with Crippen LogP contribution in [0.1, 0.15) is 13.8 Å². The fourth-order valence-electron chi connectivity index (χ4n) is 1.29. The van der Waals surface area contributed by atoms with E-state index in [9.17, 15) is 13.2 Å². The van der Waals surface area contributed by atoms with Gasteiger partial charge in [-0.05, 0) is 13.8 Å². The first kappa shape index (κ1) is 15.7. The van der Waals surface area contributed by atoms with E-state index < -0.39 is 12.7 Å². The van der Waals surface area contributed by atoms with Gasteiger partial charge in [-0.1, -0.05) is 0 Å². The van der Waals surface area contributed by atoms with Gasteiger partial charge < -0.3 is 10.1 Å². The molecule has 0 atom stereocenters. The fraction of sp³-hybridized carbons (Fsp3) is 1.00. The smallest absolute Gasteiger partial charge is 0.383 e. The topological polar surface area (TPSA) is 24.5 Å². The van der Waals surface area contributed by atoms with Crippen LogP contribution in [0.5, 0.6) is 0 Å². The van der Waals surface area contributed by atoms with E-state index in [1.165, 1.54) is 0 Å². The zero-order chi connectivity index (χ0) is 12.6. The molecule has 0 unspecified atom stereocenters. The molecule has 0 aliphatic heterocycles. The molecular weight excluding hydrogens is 221 g/mol. The molecule has 0 aromatic rings. The lowest BCUT2D eigenvalue weighted by molar-refractivity contribution is -0.124. The summed E-state index contributed by atoms with van der Waals surface area (Å²) in [4.78, 5) is 2.08. The molecule has 0 saturated carbocycles. The van der Waals surface area contributed by atoms with Crippen LogP contribution < -0.4 is 5.32 Å². The van der Waals surface area contributed by atoms with E-state index in [0.717, 1.165) is 6.54 Å². The normalized spacial score (nSPS) is 12.8. The molecule has 0 radical (unpaired) electrons. The van der Waals surface area contributed by atoms with Crippen molar-refractivity contribution >= 4 is 0 Å². The summed E-state index contributed by atoms with van der Waals surface area (Å²) in [5.74, 6) is 0. The first-order valence-electron chi connectivity index (χ1n) is 5.37. The van der Waals surface area contributed by atoms with Crippen molar-refractivity contribution in [3.8, 4) is 0 Å². The molecule has 0 heterocycles. The van der Waals surface area contributed by atoms with Gasteiger partial charge in [0, 0.05) is 32.8 Å². The summed E-state index contributed by atoms with van der Waals surface area (Å²) in [6.45, 7) is 5.36. The van der Waals surface area contributed by atoms with Crippen molar-refractivity contribution in [1.82, 2.24) is 10.2 Å². The lowest BCUT2D eigenvalue weighted by Crippen LogP contribution is -2.40. The van der Waals surface area contributed by atoms with Crippen LogP contribution in [-0.2, 0) is 4.74 Å². The second-order valence-electron chi connectivity index (χ2n) is 3.91. The molecule has 0 aliphatic rings. The monoisotopic (exact) mass is 242 g/mol. The number of halogens is 3. The summed E-state index contributed by atoms with van der Waals surface area (Å²) >= 11 is 0. The van der Waals surface area contributed by atoms with Gasteiger partial charge in [0.05, 0.1) is 13.2 Å². The van der Waals surface area contributed by atoms with Gasteiger partial charge in [0.25, 0.3) is 0 Å². The molecule has 0 saturated heterocycles. The van der Waals surface area contributed by atoms with Gasteiger partial charge in [0.2, 0.25) is 0 Å². The minimum Gasteiger partial charge on any atom is -0.383 e. The third kappa shape index (κ3) is 8.94. The Morgan fingerprint density at radius 2 is 1.88 bits per heavy atom. The van der Waals surface area contributed by atoms with Crippen molar-refractivity contribution in [3.05, 3.63) is 0 Å². The van der Waals surface area contributed by atoms with Crippen molar-refractivity contribution in [2.75, 3.05) is 39.9 Å². The lowest BCUT2D eigenvalue weighted by Gasteiger charge is -2.26. The average molecular weight is 242 g/mol. The first-order valence-corrected chi connectivity index (χ1v) is 5.37. The molecule has 0 bridgehead atoms. The molecule has 3 nitrogen and oxygen atoms in total. The Bertz CT molecular complexity index is 174. The Hall–Kier alpha value is -0.330. The van der Waals surface area contributed by atoms with Crippen LogP contribution in [0.3, 0.4) is 0 Å². The third-order valence-corrected chi connectivity index (χ3v) is 2.21. The van der Waals surface area contributed by atoms with Crippen molar-refractivity contribution in [1.29, 1.82) is 0 Å². The maximum atomic E-state index is 11.8. The summed E-state index contributed by atoms with van der Waals surface area (Å²) in [5.41, 5.74) is 0. The molecule has 16 heavy (non-hydrogen) atoms. The molecule has 0 amide bonds. The van der Waals surface area contributed by atoms with Crippen molar-refractivity contribution in [2.24, 2.45) is 0 Å². The molecule has 0 aromatic heterocycles. The molecule has 0 rings (SSSR count). The SMILES string of the molecule is COCCN(CCNCC(F)(F)F)C(C)C. The molecule has 98 valence electrons. The number of alkyl halides is 3. The van der Waals surface area contributed by atoms with E-state index >= 15 is 0 Å². The first-order chi connectivity index (χ1) is 7.37. The highest BCUT2D eigenvalue weighted by Gasteiger charge is 2.26. The fourth-order valence-corrected chi connectivity index (χ4v) is 1.29. The molecule has 6 heteroatoms. The summed E-state index contributed by atoms with van der Waals surface area (Å²) in [7, 11) is 1.61. The van der Waals surface area contributed by atoms with E-state index in [1.54, 1.807) is 7.11 Å². The molecule has 0 fully saturated rings. The standard InChI is InChI=1S/C10H21F3N2O/c1-9(2)15(6-7-16-3)5-4-14-8-10(11,12)13/h9,14H,4-8H2,1-3H3. The molecule has 1 N–H and O–H groups in total. The molecule has 0 spiro atoms. The van der Waals surface area contributed by atoms with Crippen LogP contribution >= 0.6 is 0 Å². The molecule has 0 aliphatic carbocycles. The highest BCUT2D eigenvalue weighted by molar-refractivity contribution is 4.65. The van der Waals surface area contributed by atoms with Crippen LogP contribution in [0, 0.1) is 0 Å². The second kappa shape index (κ2) is 7.86. The summed E-state index contributed by atoms with van der Waals surface area (Å²) < 4.78 is 40.5. The van der Waals surface area contributed by atoms with E-state index in [4.69, 9.17) is 4.74 Å². The largest absolute Gasteiger partial charge is 0.401 e. The predicted octanol–water partition coefficient (Wildman–Crippen LogP) is 1.50. The van der Waals surface area contributed by atoms with Crippen LogP contribution in [0.2, 0.25) is 0 Å². The second-order valence-corrected chi connectivity index (χ2v) is 3.91. The quantitative estimate of drug-likeness (QED) is 0.653. The highest BCUT2D eigenvalue weighted by atomic mass is 19.4. The minimum atomic E-state index is -4.13. The van der Waals surface area contributed by atoms with Gasteiger partial charge in [-0.15, -0.1) is 0 Å². The Morgan fingerprint density at radius 1 is 1.25 bits per heavy atom. The van der Waals surface area contributed by atoms with Gasteiger partial charge >= 0.3 is 6.18 Å². The number of rotatable bonds is 8. The third-order valence-electron chi connectivity index (χ3n) is 2.21. The van der Waals surface area contributed by atoms with E-state index in [0.29, 0.717) is 25.7 Å². The van der Waals surface area contributed by atoms with E-state index in [2.05, 4.69) is 10.2 Å². The Morgan fingerprint density at radius 3 is 2.31 bits per heavy atom. The average Bonchev–Trinajstić information content (AvgIpc) is 2.14. The number of methoxy groups -OCH3 is 1. The van der Waals surface area contributed by atoms with Crippen molar-refractivity contribution in [3.63, 3.8) is 0 Å². The Kier molecular flexibility index (Phi) is 7.70. The maximum Gasteiger partial charge on any atom is 0.401 e. The van der Waals surface area contributed by atoms with E-state index in [-0.39, 0.29) is 0 Å². The number of hydrogen-bond acceptors (Lipinski definition) is 3. The number of nitrogens with one attached hydrogen (secondary N) is 1. The Balaban J connectivity index is 3.68. The molecule has 0 aromatic carbocycles. The van der Waals surface area contributed by atoms with Crippen molar-refractivity contribution in [2.45, 2.75) is 26.1 Å². The predicted molar refractivity (Wildman–Crippen MR) is 57.5 cm³/mol. The lowest BCUT2D eigenvalue weighted by atomic mass is 10.3. The number of hydrogen-bond donors (Lipinski definition) is 1. The van der Waals surface area contributed by atoms with Crippen LogP contribution in [-0.4, -0.2) is 57.0 Å². The summed E-state index contributed by atoms with van der Waals surface area (Å²) in [5, 5.41) is 2.38. The van der Waals surface area contributed by atoms with Gasteiger partial charge in [-0.2, -0.15) is 13.2 Å². The van der Waals surface area contributed by atoms with Crippen molar-refractivity contribution < 1.29 is 17.9 Å². The summed E-state index contributed by atoms with van der Waals surface area (Å²) in [6, 6.07) is 0.308. The van der Waals surface area contributed by atoms with Gasteiger partial charge in [-0.3, -0.25) is 4.90 Å². The zero-order valence-corrected chi connectivity index (χ0v) is 10.1. The minimum absolute atomic E-state index is 0.308. The van der Waals surface area contributed by atoms with E-state index in [1.807, 2.05) is 13.8 Å². The maximum absolute atomic E-state index is 11.8. The number of nitrogens with zero attached hydrogens (tertiary/aromatic N) is 1. The molecular formula is C10H21F3N2O. The number of ether oxygens (including phenoxy) is 1. The van der Waals surface area contributed by atoms with Crippen LogP contribution in [0.4, 0.5) is 13.2 Å². The van der Waals surface area contributed by atoms with Crippen LogP contribution in [0.25, 0.3) is 0 Å². The Labute approximate surface area is 94.9 Å². The summed E-state index contributed by atoms with van der Waals surface area (Å²) in [6.07, 6.45) is -4.13.